The molecule has 0 spiro atoms. The molecule has 4 aliphatic rings. The molecule has 61 heavy (non-hydrogen) atoms. The average molecular weight is 876 g/mol. The van der Waals surface area contributed by atoms with Crippen LogP contribution in [0.4, 0.5) is 34.1 Å². The van der Waals surface area contributed by atoms with Gasteiger partial charge in [0, 0.05) is 64.0 Å². The van der Waals surface area contributed by atoms with Crippen LogP contribution in [0.1, 0.15) is 75.5 Å². The Kier molecular flexibility index (Phi) is 16.1. The second-order valence-electron chi connectivity index (χ2n) is 16.7. The highest BCUT2D eigenvalue weighted by Crippen LogP contribution is 2.39. The number of fused-ring (bicyclic) bond motifs is 1. The van der Waals surface area contributed by atoms with Gasteiger partial charge < -0.3 is 45.0 Å². The van der Waals surface area contributed by atoms with E-state index in [1.807, 2.05) is 24.3 Å². The Morgan fingerprint density at radius 3 is 2.21 bits per heavy atom. The molecule has 4 amide bonds. The Bertz CT molecular complexity index is 1830. The highest BCUT2D eigenvalue weighted by Gasteiger charge is 2.39. The summed E-state index contributed by atoms with van der Waals surface area (Å²) in [5.74, 6) is 0.220. The molecular formula is C44H61ClF3N7O6. The van der Waals surface area contributed by atoms with Crippen molar-refractivity contribution in [3.63, 3.8) is 0 Å². The standard InChI is InChI=1S/C44H61ClF3N7O6/c1-3-51(4-2)25-26-60-39(56)16-19-52-17-9-31(10-18-52)32-11-20-53(21-12-32)41(57)38(29-30-27-35(44(46,47)48)40(49)36(45)28-30)61-43(59)54-22-14-34(15-23-54)55-24-13-33-7-5-6-8-37(33)50-42(55)58/h5-8,27-28,31-32,34,38H,3-4,9-26,29,49H2,1-2H3,(H,50,58)/t38-/m1/s1. The van der Waals surface area contributed by atoms with Gasteiger partial charge in [0.1, 0.15) is 6.61 Å². The van der Waals surface area contributed by atoms with Gasteiger partial charge in [-0.25, -0.2) is 9.59 Å². The fourth-order valence-corrected chi connectivity index (χ4v) is 9.55. The second-order valence-corrected chi connectivity index (χ2v) is 17.1. The van der Waals surface area contributed by atoms with Crippen LogP contribution in [0.25, 0.3) is 0 Å². The lowest BCUT2D eigenvalue weighted by molar-refractivity contribution is -0.145. The molecular weight excluding hydrogens is 815 g/mol. The van der Waals surface area contributed by atoms with Crippen LogP contribution in [0.2, 0.25) is 5.02 Å². The summed E-state index contributed by atoms with van der Waals surface area (Å²) in [7, 11) is 0. The number of benzene rings is 2. The van der Waals surface area contributed by atoms with Crippen LogP contribution in [0.15, 0.2) is 36.4 Å². The molecule has 0 aliphatic carbocycles. The first-order chi connectivity index (χ1) is 29.2. The van der Waals surface area contributed by atoms with Crippen molar-refractivity contribution in [2.45, 2.75) is 90.0 Å². The van der Waals surface area contributed by atoms with Crippen molar-refractivity contribution in [3.05, 3.63) is 58.1 Å². The molecule has 3 N–H and O–H groups in total. The molecule has 3 fully saturated rings. The molecule has 17 heteroatoms. The van der Waals surface area contributed by atoms with E-state index >= 15 is 0 Å². The molecule has 3 saturated heterocycles. The number of nitrogens with one attached hydrogen (secondary N) is 1. The Labute approximate surface area is 362 Å². The minimum Gasteiger partial charge on any atom is -0.464 e. The number of carbonyl (C=O) groups excluding carboxylic acids is 4. The molecule has 0 saturated carbocycles. The molecule has 13 nitrogen and oxygen atoms in total. The first-order valence-corrected chi connectivity index (χ1v) is 22.3. The lowest BCUT2D eigenvalue weighted by Gasteiger charge is -2.41. The number of nitrogen functional groups attached to an aromatic ring is 1. The summed E-state index contributed by atoms with van der Waals surface area (Å²) >= 11 is 6.16. The van der Waals surface area contributed by atoms with E-state index in [2.05, 4.69) is 29.0 Å². The number of para-hydroxylation sites is 1. The monoisotopic (exact) mass is 875 g/mol. The van der Waals surface area contributed by atoms with E-state index in [4.69, 9.17) is 26.8 Å². The van der Waals surface area contributed by atoms with Crippen molar-refractivity contribution >= 4 is 47.0 Å². The smallest absolute Gasteiger partial charge is 0.418 e. The van der Waals surface area contributed by atoms with Gasteiger partial charge in [-0.15, -0.1) is 0 Å². The first kappa shape index (κ1) is 46.2. The SMILES string of the molecule is CCN(CC)CCOC(=O)CCN1CCC(C2CCN(C(=O)[C@@H](Cc3cc(Cl)c(N)c(C(F)(F)F)c3)OC(=O)N3CCC(N4CCc5ccccc5NC4=O)CC3)CC2)CC1. The quantitative estimate of drug-likeness (QED) is 0.156. The van der Waals surface area contributed by atoms with Crippen molar-refractivity contribution < 1.29 is 41.8 Å². The molecule has 336 valence electrons. The number of nitrogens with zero attached hydrogens (tertiary/aromatic N) is 5. The number of hydrogen-bond donors (Lipinski definition) is 2. The van der Waals surface area contributed by atoms with Crippen molar-refractivity contribution in [2.24, 2.45) is 11.8 Å². The lowest BCUT2D eigenvalue weighted by atomic mass is 9.78. The number of ether oxygens (including phenoxy) is 2. The number of amides is 4. The van der Waals surface area contributed by atoms with Gasteiger partial charge in [0.2, 0.25) is 0 Å². The molecule has 4 aliphatic heterocycles. The number of hydrogen-bond acceptors (Lipinski definition) is 9. The fraction of sp³-hybridized carbons (Fsp3) is 0.636. The highest BCUT2D eigenvalue weighted by atomic mass is 35.5. The summed E-state index contributed by atoms with van der Waals surface area (Å²) in [6, 6.07) is 9.52. The number of alkyl halides is 3. The van der Waals surface area contributed by atoms with E-state index in [-0.39, 0.29) is 48.1 Å². The maximum absolute atomic E-state index is 14.2. The van der Waals surface area contributed by atoms with Gasteiger partial charge in [-0.3, -0.25) is 9.59 Å². The Morgan fingerprint density at radius 2 is 1.56 bits per heavy atom. The van der Waals surface area contributed by atoms with Gasteiger partial charge in [0.25, 0.3) is 5.91 Å². The summed E-state index contributed by atoms with van der Waals surface area (Å²) in [6.45, 7) is 11.5. The minimum atomic E-state index is -4.79. The number of anilines is 2. The number of piperidine rings is 3. The summed E-state index contributed by atoms with van der Waals surface area (Å²) in [5.41, 5.74) is 5.88. The zero-order valence-electron chi connectivity index (χ0n) is 35.4. The van der Waals surface area contributed by atoms with Crippen LogP contribution >= 0.6 is 11.6 Å². The molecule has 2 aromatic carbocycles. The van der Waals surface area contributed by atoms with Crippen LogP contribution in [-0.4, -0.2) is 139 Å². The van der Waals surface area contributed by atoms with Crippen LogP contribution < -0.4 is 11.1 Å². The summed E-state index contributed by atoms with van der Waals surface area (Å²) in [6.07, 6.45) is -1.71. The third kappa shape index (κ3) is 12.2. The predicted molar refractivity (Wildman–Crippen MR) is 227 cm³/mol. The van der Waals surface area contributed by atoms with Crippen LogP contribution in [-0.2, 0) is 38.1 Å². The van der Waals surface area contributed by atoms with Crippen LogP contribution in [0.5, 0.6) is 0 Å². The molecule has 4 heterocycles. The zero-order chi connectivity index (χ0) is 43.7. The number of rotatable bonds is 14. The van der Waals surface area contributed by atoms with Crippen LogP contribution in [0, 0.1) is 11.8 Å². The molecule has 2 aromatic rings. The van der Waals surface area contributed by atoms with E-state index < -0.39 is 35.5 Å². The van der Waals surface area contributed by atoms with Gasteiger partial charge in [-0.1, -0.05) is 43.6 Å². The van der Waals surface area contributed by atoms with E-state index in [0.717, 1.165) is 75.7 Å². The van der Waals surface area contributed by atoms with E-state index in [0.29, 0.717) is 70.3 Å². The molecule has 0 bridgehead atoms. The third-order valence-corrected chi connectivity index (χ3v) is 13.4. The summed E-state index contributed by atoms with van der Waals surface area (Å²) in [5, 5.41) is 2.69. The maximum Gasteiger partial charge on any atom is 0.418 e. The Morgan fingerprint density at radius 1 is 0.918 bits per heavy atom. The number of likely N-dealkylation sites (N-methyl/N-ethyl adjacent to an activating group) is 1. The van der Waals surface area contributed by atoms with Gasteiger partial charge in [0.15, 0.2) is 6.10 Å². The van der Waals surface area contributed by atoms with E-state index in [9.17, 15) is 32.3 Å². The molecule has 0 unspecified atom stereocenters. The van der Waals surface area contributed by atoms with Crippen molar-refractivity contribution in [1.29, 1.82) is 0 Å². The van der Waals surface area contributed by atoms with Gasteiger partial charge in [-0.05, 0) is 112 Å². The number of urea groups is 1. The van der Waals surface area contributed by atoms with Gasteiger partial charge >= 0.3 is 24.3 Å². The maximum atomic E-state index is 14.2. The normalized spacial score (nSPS) is 19.3. The summed E-state index contributed by atoms with van der Waals surface area (Å²) < 4.78 is 53.2. The fourth-order valence-electron chi connectivity index (χ4n) is 9.31. The van der Waals surface area contributed by atoms with Gasteiger partial charge in [0.05, 0.1) is 22.7 Å². The van der Waals surface area contributed by atoms with Crippen molar-refractivity contribution in [3.8, 4) is 0 Å². The van der Waals surface area contributed by atoms with Crippen LogP contribution in [0.3, 0.4) is 0 Å². The number of halogens is 4. The lowest BCUT2D eigenvalue weighted by Crippen LogP contribution is -2.52. The zero-order valence-corrected chi connectivity index (χ0v) is 36.2. The second kappa shape index (κ2) is 21.2. The van der Waals surface area contributed by atoms with E-state index in [1.165, 1.54) is 11.0 Å². The Hall–Kier alpha value is -4.28. The molecule has 1 atom stereocenters. The van der Waals surface area contributed by atoms with Crippen molar-refractivity contribution in [1.82, 2.24) is 24.5 Å². The number of esters is 1. The largest absolute Gasteiger partial charge is 0.464 e. The van der Waals surface area contributed by atoms with Gasteiger partial charge in [-0.2, -0.15) is 13.2 Å². The number of carbonyl (C=O) groups is 4. The third-order valence-electron chi connectivity index (χ3n) is 13.1. The number of nitrogens with two attached hydrogens (primary N) is 1. The average Bonchev–Trinajstić information content (AvgIpc) is 3.43. The van der Waals surface area contributed by atoms with E-state index in [1.54, 1.807) is 9.80 Å². The first-order valence-electron chi connectivity index (χ1n) is 21.9. The predicted octanol–water partition coefficient (Wildman–Crippen LogP) is 6.77. The van der Waals surface area contributed by atoms with Crippen molar-refractivity contribution in [2.75, 3.05) is 89.6 Å². The molecule has 6 rings (SSSR count). The summed E-state index contributed by atoms with van der Waals surface area (Å²) in [4.78, 5) is 62.9. The molecule has 0 aromatic heterocycles. The minimum absolute atomic E-state index is 0.0686. The Balaban J connectivity index is 1.03. The topological polar surface area (TPSA) is 141 Å². The highest BCUT2D eigenvalue weighted by molar-refractivity contribution is 6.33. The molecule has 0 radical (unpaired) electrons. The number of likely N-dealkylation sites (tertiary alicyclic amines) is 3.